The second kappa shape index (κ2) is 7.06. The van der Waals surface area contributed by atoms with Gasteiger partial charge in [0.15, 0.2) is 9.84 Å². The van der Waals surface area contributed by atoms with E-state index in [1.165, 1.54) is 10.8 Å². The highest BCUT2D eigenvalue weighted by molar-refractivity contribution is 14.1. The van der Waals surface area contributed by atoms with Gasteiger partial charge >= 0.3 is 0 Å². The fourth-order valence-electron chi connectivity index (χ4n) is 0.982. The zero-order valence-electron chi connectivity index (χ0n) is 9.85. The number of alkyl halides is 1. The van der Waals surface area contributed by atoms with Crippen LogP contribution in [0, 0.1) is 0 Å². The van der Waals surface area contributed by atoms with E-state index in [0.717, 1.165) is 13.0 Å². The minimum absolute atomic E-state index is 0.237. The summed E-state index contributed by atoms with van der Waals surface area (Å²) in [5, 5.41) is 3.17. The molecule has 0 amide bonds. The molecule has 0 saturated heterocycles. The average Bonchev–Trinajstić information content (AvgIpc) is 2.09. The van der Waals surface area contributed by atoms with Crippen molar-refractivity contribution in [2.24, 2.45) is 0 Å². The van der Waals surface area contributed by atoms with Crippen LogP contribution >= 0.6 is 22.6 Å². The maximum Gasteiger partial charge on any atom is 0.156 e. The number of sulfone groups is 1. The summed E-state index contributed by atoms with van der Waals surface area (Å²) < 4.78 is 23.9. The molecule has 0 saturated carbocycles. The quantitative estimate of drug-likeness (QED) is 0.435. The lowest BCUT2D eigenvalue weighted by Crippen LogP contribution is -2.34. The molecule has 92 valence electrons. The van der Waals surface area contributed by atoms with Crippen LogP contribution in [0.5, 0.6) is 0 Å². The summed E-state index contributed by atoms with van der Waals surface area (Å²) in [5.74, 6) is 0.237. The molecule has 0 bridgehead atoms. The summed E-state index contributed by atoms with van der Waals surface area (Å²) in [5.41, 5.74) is 0. The van der Waals surface area contributed by atoms with Gasteiger partial charge < -0.3 is 5.32 Å². The molecule has 0 spiro atoms. The first-order valence-electron chi connectivity index (χ1n) is 5.30. The van der Waals surface area contributed by atoms with E-state index < -0.39 is 14.6 Å². The zero-order valence-corrected chi connectivity index (χ0v) is 12.8. The molecule has 5 heteroatoms. The molecule has 0 aliphatic rings. The second-order valence-corrected chi connectivity index (χ2v) is 8.52. The summed E-state index contributed by atoms with van der Waals surface area (Å²) in [6.07, 6.45) is 2.32. The van der Waals surface area contributed by atoms with Crippen molar-refractivity contribution < 1.29 is 8.42 Å². The monoisotopic (exact) mass is 347 g/mol. The molecular weight excluding hydrogens is 325 g/mol. The van der Waals surface area contributed by atoms with Crippen LogP contribution in [0.25, 0.3) is 0 Å². The minimum atomic E-state index is -2.95. The molecule has 0 radical (unpaired) electrons. The Morgan fingerprint density at radius 1 is 1.13 bits per heavy atom. The summed E-state index contributed by atoms with van der Waals surface area (Å²) in [4.78, 5) is 0. The van der Waals surface area contributed by atoms with Gasteiger partial charge in [0, 0.05) is 6.54 Å². The van der Waals surface area contributed by atoms with Crippen LogP contribution in [0.1, 0.15) is 33.6 Å². The van der Waals surface area contributed by atoms with Gasteiger partial charge in [-0.05, 0) is 44.6 Å². The van der Waals surface area contributed by atoms with E-state index in [1.807, 2.05) is 0 Å². The number of unbranched alkanes of at least 4 members (excludes halogenated alkanes) is 1. The second-order valence-electron chi connectivity index (χ2n) is 4.58. The van der Waals surface area contributed by atoms with Crippen molar-refractivity contribution >= 4 is 32.4 Å². The third-order valence-electron chi connectivity index (χ3n) is 2.22. The van der Waals surface area contributed by atoms with Crippen molar-refractivity contribution in [3.63, 3.8) is 0 Å². The SMILES string of the molecule is CC(C)(C)S(=O)(=O)CCNCCCCI. The third kappa shape index (κ3) is 6.73. The van der Waals surface area contributed by atoms with Crippen LogP contribution in [0.3, 0.4) is 0 Å². The van der Waals surface area contributed by atoms with Gasteiger partial charge in [0.25, 0.3) is 0 Å². The minimum Gasteiger partial charge on any atom is -0.316 e. The first-order valence-corrected chi connectivity index (χ1v) is 8.48. The van der Waals surface area contributed by atoms with E-state index in [2.05, 4.69) is 27.9 Å². The van der Waals surface area contributed by atoms with Crippen LogP contribution in [0.15, 0.2) is 0 Å². The molecule has 0 fully saturated rings. The van der Waals surface area contributed by atoms with Gasteiger partial charge in [-0.15, -0.1) is 0 Å². The fourth-order valence-corrected chi connectivity index (χ4v) is 2.55. The predicted molar refractivity (Wildman–Crippen MR) is 74.5 cm³/mol. The maximum atomic E-state index is 11.7. The smallest absolute Gasteiger partial charge is 0.156 e. The Kier molecular flexibility index (Phi) is 7.36. The van der Waals surface area contributed by atoms with Gasteiger partial charge in [-0.25, -0.2) is 8.42 Å². The van der Waals surface area contributed by atoms with Crippen LogP contribution in [0.4, 0.5) is 0 Å². The standard InChI is InChI=1S/C10H22INO2S/c1-10(2,3)15(13,14)9-8-12-7-5-4-6-11/h12H,4-9H2,1-3H3. The van der Waals surface area contributed by atoms with E-state index in [1.54, 1.807) is 20.8 Å². The summed E-state index contributed by atoms with van der Waals surface area (Å²) in [6, 6.07) is 0. The molecule has 0 aromatic heterocycles. The van der Waals surface area contributed by atoms with Gasteiger partial charge in [0.1, 0.15) is 0 Å². The number of nitrogens with one attached hydrogen (secondary N) is 1. The molecule has 1 N–H and O–H groups in total. The van der Waals surface area contributed by atoms with Crippen molar-refractivity contribution in [1.29, 1.82) is 0 Å². The first-order chi connectivity index (χ1) is 6.81. The third-order valence-corrected chi connectivity index (χ3v) is 5.59. The number of hydrogen-bond donors (Lipinski definition) is 1. The highest BCUT2D eigenvalue weighted by atomic mass is 127. The molecular formula is C10H22INO2S. The average molecular weight is 347 g/mol. The van der Waals surface area contributed by atoms with E-state index in [4.69, 9.17) is 0 Å². The Balaban J connectivity index is 3.69. The van der Waals surface area contributed by atoms with Crippen molar-refractivity contribution in [1.82, 2.24) is 5.32 Å². The topological polar surface area (TPSA) is 46.2 Å². The van der Waals surface area contributed by atoms with Crippen LogP contribution in [-0.2, 0) is 9.84 Å². The maximum absolute atomic E-state index is 11.7. The zero-order chi connectivity index (χ0) is 11.9. The van der Waals surface area contributed by atoms with E-state index >= 15 is 0 Å². The highest BCUT2D eigenvalue weighted by Crippen LogP contribution is 2.15. The van der Waals surface area contributed by atoms with E-state index in [-0.39, 0.29) is 5.75 Å². The van der Waals surface area contributed by atoms with Gasteiger partial charge in [-0.3, -0.25) is 0 Å². The van der Waals surface area contributed by atoms with Gasteiger partial charge in [0.2, 0.25) is 0 Å². The van der Waals surface area contributed by atoms with Gasteiger partial charge in [-0.2, -0.15) is 0 Å². The number of halogens is 1. The molecule has 0 rings (SSSR count). The number of rotatable bonds is 7. The molecule has 0 aliphatic carbocycles. The Morgan fingerprint density at radius 3 is 2.20 bits per heavy atom. The lowest BCUT2D eigenvalue weighted by atomic mass is 10.3. The van der Waals surface area contributed by atoms with Crippen molar-refractivity contribution in [3.8, 4) is 0 Å². The molecule has 15 heavy (non-hydrogen) atoms. The summed E-state index contributed by atoms with van der Waals surface area (Å²) in [6.45, 7) is 6.73. The van der Waals surface area contributed by atoms with E-state index in [9.17, 15) is 8.42 Å². The molecule has 0 aliphatic heterocycles. The Labute approximate surface area is 107 Å². The van der Waals surface area contributed by atoms with Crippen LogP contribution in [-0.4, -0.2) is 36.4 Å². The molecule has 0 aromatic rings. The van der Waals surface area contributed by atoms with Crippen LogP contribution < -0.4 is 5.32 Å². The highest BCUT2D eigenvalue weighted by Gasteiger charge is 2.27. The molecule has 3 nitrogen and oxygen atoms in total. The number of hydrogen-bond acceptors (Lipinski definition) is 3. The largest absolute Gasteiger partial charge is 0.316 e. The molecule has 0 aromatic carbocycles. The summed E-state index contributed by atoms with van der Waals surface area (Å²) >= 11 is 2.35. The van der Waals surface area contributed by atoms with Crippen molar-refractivity contribution in [2.75, 3.05) is 23.3 Å². The molecule has 0 heterocycles. The summed E-state index contributed by atoms with van der Waals surface area (Å²) in [7, 11) is -2.95. The Bertz CT molecular complexity index is 257. The Hall–Kier alpha value is 0.640. The molecule has 0 unspecified atom stereocenters. The lowest BCUT2D eigenvalue weighted by Gasteiger charge is -2.19. The predicted octanol–water partition coefficient (Wildman–Crippen LogP) is 2.00. The van der Waals surface area contributed by atoms with E-state index in [0.29, 0.717) is 6.54 Å². The Morgan fingerprint density at radius 2 is 1.73 bits per heavy atom. The van der Waals surface area contributed by atoms with Crippen LogP contribution in [0.2, 0.25) is 0 Å². The molecule has 0 atom stereocenters. The van der Waals surface area contributed by atoms with Gasteiger partial charge in [-0.1, -0.05) is 22.6 Å². The normalized spacial score (nSPS) is 13.1. The first kappa shape index (κ1) is 15.6. The fraction of sp³-hybridized carbons (Fsp3) is 1.00. The van der Waals surface area contributed by atoms with Gasteiger partial charge in [0.05, 0.1) is 10.5 Å². The van der Waals surface area contributed by atoms with Crippen molar-refractivity contribution in [3.05, 3.63) is 0 Å². The van der Waals surface area contributed by atoms with Crippen molar-refractivity contribution in [2.45, 2.75) is 38.4 Å². The lowest BCUT2D eigenvalue weighted by molar-refractivity contribution is 0.555.